The molecular weight excluding hydrogens is 371 g/mol. The van der Waals surface area contributed by atoms with Crippen molar-refractivity contribution in [2.45, 2.75) is 6.18 Å². The van der Waals surface area contributed by atoms with Gasteiger partial charge in [-0.25, -0.2) is 0 Å². The van der Waals surface area contributed by atoms with Crippen LogP contribution in [0.4, 0.5) is 24.5 Å². The van der Waals surface area contributed by atoms with Crippen LogP contribution in [0, 0.1) is 0 Å². The Morgan fingerprint density at radius 2 is 1.85 bits per heavy atom. The average molecular weight is 386 g/mol. The number of nitrogens with one attached hydrogen (secondary N) is 1. The minimum atomic E-state index is -4.55. The molecule has 1 aliphatic rings. The Balaban J connectivity index is 1.80. The van der Waals surface area contributed by atoms with Gasteiger partial charge in [-0.05, 0) is 30.3 Å². The zero-order valence-corrected chi connectivity index (χ0v) is 14.3. The van der Waals surface area contributed by atoms with E-state index in [1.165, 1.54) is 24.4 Å². The lowest BCUT2D eigenvalue weighted by Crippen LogP contribution is -2.41. The van der Waals surface area contributed by atoms with Crippen molar-refractivity contribution in [1.29, 1.82) is 0 Å². The van der Waals surface area contributed by atoms with Crippen LogP contribution in [0.3, 0.4) is 0 Å². The summed E-state index contributed by atoms with van der Waals surface area (Å²) < 4.78 is 44.1. The van der Waals surface area contributed by atoms with Crippen molar-refractivity contribution >= 4 is 28.9 Å². The molecule has 0 saturated carbocycles. The van der Waals surface area contributed by atoms with Gasteiger partial charge in [-0.15, -0.1) is 0 Å². The summed E-state index contributed by atoms with van der Waals surface area (Å²) in [4.78, 5) is 18.1. The van der Waals surface area contributed by atoms with Crippen molar-refractivity contribution in [3.8, 4) is 0 Å². The molecule has 1 aromatic heterocycles. The van der Waals surface area contributed by atoms with Crippen molar-refractivity contribution in [3.05, 3.63) is 52.8 Å². The van der Waals surface area contributed by atoms with E-state index in [4.69, 9.17) is 16.3 Å². The summed E-state index contributed by atoms with van der Waals surface area (Å²) in [6.45, 7) is 1.89. The summed E-state index contributed by atoms with van der Waals surface area (Å²) in [5.74, 6) is -0.246. The van der Waals surface area contributed by atoms with Crippen molar-refractivity contribution < 1.29 is 22.7 Å². The molecule has 9 heteroatoms. The van der Waals surface area contributed by atoms with Crippen LogP contribution >= 0.6 is 11.6 Å². The Morgan fingerprint density at radius 3 is 2.54 bits per heavy atom. The molecule has 1 fully saturated rings. The molecule has 0 bridgehead atoms. The first-order valence-electron chi connectivity index (χ1n) is 7.81. The number of ether oxygens (including phenoxy) is 1. The third-order valence-corrected chi connectivity index (χ3v) is 4.17. The first-order chi connectivity index (χ1) is 12.3. The van der Waals surface area contributed by atoms with Gasteiger partial charge in [0.25, 0.3) is 5.91 Å². The highest BCUT2D eigenvalue weighted by Crippen LogP contribution is 2.36. The number of amides is 1. The van der Waals surface area contributed by atoms with Gasteiger partial charge in [-0.1, -0.05) is 11.6 Å². The molecular formula is C17H15ClF3N3O2. The fourth-order valence-corrected chi connectivity index (χ4v) is 2.77. The Labute approximate surface area is 152 Å². The van der Waals surface area contributed by atoms with E-state index in [-0.39, 0.29) is 22.3 Å². The van der Waals surface area contributed by atoms with Gasteiger partial charge in [-0.2, -0.15) is 13.2 Å². The Kier molecular flexibility index (Phi) is 5.33. The maximum Gasteiger partial charge on any atom is 0.417 e. The zero-order valence-electron chi connectivity index (χ0n) is 13.5. The second-order valence-electron chi connectivity index (χ2n) is 5.65. The van der Waals surface area contributed by atoms with E-state index >= 15 is 0 Å². The van der Waals surface area contributed by atoms with Gasteiger partial charge in [0.15, 0.2) is 0 Å². The number of pyridine rings is 1. The van der Waals surface area contributed by atoms with Crippen LogP contribution in [-0.2, 0) is 10.9 Å². The first-order valence-corrected chi connectivity index (χ1v) is 8.19. The SMILES string of the molecule is O=C(c1cc(Nc2ccc(Cl)c(C(F)(F)F)c2)ccn1)N1CCOCC1. The average Bonchev–Trinajstić information content (AvgIpc) is 2.63. The number of nitrogens with zero attached hydrogens (tertiary/aromatic N) is 2. The largest absolute Gasteiger partial charge is 0.417 e. The van der Waals surface area contributed by atoms with Crippen LogP contribution in [0.15, 0.2) is 36.5 Å². The summed E-state index contributed by atoms with van der Waals surface area (Å²) in [5.41, 5.74) is -0.0606. The van der Waals surface area contributed by atoms with Gasteiger partial charge in [0.1, 0.15) is 5.69 Å². The van der Waals surface area contributed by atoms with E-state index in [9.17, 15) is 18.0 Å². The predicted octanol–water partition coefficient (Wildman–Crippen LogP) is 3.97. The Hall–Kier alpha value is -2.32. The van der Waals surface area contributed by atoms with E-state index in [0.717, 1.165) is 6.07 Å². The fraction of sp³-hybridized carbons (Fsp3) is 0.294. The highest BCUT2D eigenvalue weighted by Gasteiger charge is 2.33. The molecule has 0 atom stereocenters. The summed E-state index contributed by atoms with van der Waals surface area (Å²) in [5, 5.41) is 2.47. The van der Waals surface area contributed by atoms with Gasteiger partial charge in [0.2, 0.25) is 0 Å². The lowest BCUT2D eigenvalue weighted by Gasteiger charge is -2.26. The first kappa shape index (κ1) is 18.5. The maximum absolute atomic E-state index is 13.0. The van der Waals surface area contributed by atoms with Crippen LogP contribution in [0.1, 0.15) is 16.1 Å². The minimum Gasteiger partial charge on any atom is -0.378 e. The molecule has 0 radical (unpaired) electrons. The van der Waals surface area contributed by atoms with Crippen molar-refractivity contribution in [1.82, 2.24) is 9.88 Å². The van der Waals surface area contributed by atoms with Gasteiger partial charge < -0.3 is 15.0 Å². The third-order valence-electron chi connectivity index (χ3n) is 3.84. The van der Waals surface area contributed by atoms with Crippen LogP contribution in [0.25, 0.3) is 0 Å². The topological polar surface area (TPSA) is 54.5 Å². The fourth-order valence-electron chi connectivity index (χ4n) is 2.54. The molecule has 138 valence electrons. The Morgan fingerprint density at radius 1 is 1.15 bits per heavy atom. The molecule has 0 spiro atoms. The molecule has 0 aliphatic carbocycles. The molecule has 2 heterocycles. The summed E-state index contributed by atoms with van der Waals surface area (Å²) in [6, 6.07) is 6.60. The lowest BCUT2D eigenvalue weighted by molar-refractivity contribution is -0.137. The van der Waals surface area contributed by atoms with E-state index in [1.54, 1.807) is 11.0 Å². The van der Waals surface area contributed by atoms with Crippen LogP contribution in [0.2, 0.25) is 5.02 Å². The predicted molar refractivity (Wildman–Crippen MR) is 90.7 cm³/mol. The molecule has 26 heavy (non-hydrogen) atoms. The van der Waals surface area contributed by atoms with Crippen molar-refractivity contribution in [2.75, 3.05) is 31.6 Å². The maximum atomic E-state index is 13.0. The number of anilines is 2. The van der Waals surface area contributed by atoms with Gasteiger partial charge >= 0.3 is 6.18 Å². The summed E-state index contributed by atoms with van der Waals surface area (Å²) in [6.07, 6.45) is -3.12. The molecule has 3 rings (SSSR count). The van der Waals surface area contributed by atoms with Gasteiger partial charge in [-0.3, -0.25) is 9.78 Å². The normalized spacial score (nSPS) is 15.0. The van der Waals surface area contributed by atoms with E-state index in [2.05, 4.69) is 10.3 Å². The number of hydrogen-bond donors (Lipinski definition) is 1. The molecule has 1 amide bonds. The van der Waals surface area contributed by atoms with Crippen LogP contribution < -0.4 is 5.32 Å². The standard InChI is InChI=1S/C17H15ClF3N3O2/c18-14-2-1-11(9-13(14)17(19,20)21)23-12-3-4-22-15(10-12)16(25)24-5-7-26-8-6-24/h1-4,9-10H,5-8H2,(H,22,23). The molecule has 1 aromatic carbocycles. The molecule has 0 unspecified atom stereocenters. The lowest BCUT2D eigenvalue weighted by atomic mass is 10.2. The summed E-state index contributed by atoms with van der Waals surface area (Å²) in [7, 11) is 0. The number of carbonyl (C=O) groups excluding carboxylic acids is 1. The van der Waals surface area contributed by atoms with Crippen molar-refractivity contribution in [2.24, 2.45) is 0 Å². The molecule has 1 N–H and O–H groups in total. The van der Waals surface area contributed by atoms with Gasteiger partial charge in [0, 0.05) is 30.7 Å². The van der Waals surface area contributed by atoms with Crippen LogP contribution in [0.5, 0.6) is 0 Å². The molecule has 5 nitrogen and oxygen atoms in total. The second kappa shape index (κ2) is 7.51. The molecule has 2 aromatic rings. The Bertz CT molecular complexity index is 808. The van der Waals surface area contributed by atoms with Crippen LogP contribution in [-0.4, -0.2) is 42.1 Å². The van der Waals surface area contributed by atoms with E-state index in [1.807, 2.05) is 0 Å². The quantitative estimate of drug-likeness (QED) is 0.868. The minimum absolute atomic E-state index is 0.206. The smallest absolute Gasteiger partial charge is 0.378 e. The molecule has 1 aliphatic heterocycles. The molecule has 1 saturated heterocycles. The number of benzene rings is 1. The van der Waals surface area contributed by atoms with Crippen molar-refractivity contribution in [3.63, 3.8) is 0 Å². The summed E-state index contributed by atoms with van der Waals surface area (Å²) >= 11 is 5.62. The monoisotopic (exact) mass is 385 g/mol. The number of morpholine rings is 1. The zero-order chi connectivity index (χ0) is 18.7. The van der Waals surface area contributed by atoms with Gasteiger partial charge in [0.05, 0.1) is 23.8 Å². The number of hydrogen-bond acceptors (Lipinski definition) is 4. The highest BCUT2D eigenvalue weighted by atomic mass is 35.5. The number of halogens is 4. The third kappa shape index (κ3) is 4.25. The number of rotatable bonds is 3. The number of alkyl halides is 3. The second-order valence-corrected chi connectivity index (χ2v) is 6.06. The highest BCUT2D eigenvalue weighted by molar-refractivity contribution is 6.31. The van der Waals surface area contributed by atoms with E-state index < -0.39 is 11.7 Å². The number of aromatic nitrogens is 1. The van der Waals surface area contributed by atoms with E-state index in [0.29, 0.717) is 32.0 Å². The number of carbonyl (C=O) groups is 1.